The fourth-order valence-corrected chi connectivity index (χ4v) is 1.67. The number of aromatic nitrogens is 4. The highest BCUT2D eigenvalue weighted by Crippen LogP contribution is 2.11. The lowest BCUT2D eigenvalue weighted by Crippen LogP contribution is -2.00. The van der Waals surface area contributed by atoms with Gasteiger partial charge in [-0.3, -0.25) is 0 Å². The fraction of sp³-hybridized carbons (Fsp3) is 0.375. The van der Waals surface area contributed by atoms with Crippen molar-refractivity contribution in [1.82, 2.24) is 19.3 Å². The third-order valence-electron chi connectivity index (χ3n) is 1.75. The van der Waals surface area contributed by atoms with Gasteiger partial charge < -0.3 is 10.3 Å². The van der Waals surface area contributed by atoms with Gasteiger partial charge in [0, 0.05) is 30.3 Å². The molecule has 0 spiro atoms. The Morgan fingerprint density at radius 1 is 1.57 bits per heavy atom. The number of aromatic amines is 1. The molecule has 74 valence electrons. The molecule has 0 aliphatic heterocycles. The first-order valence-electron chi connectivity index (χ1n) is 4.43. The van der Waals surface area contributed by atoms with Crippen molar-refractivity contribution in [2.45, 2.75) is 19.9 Å². The van der Waals surface area contributed by atoms with Crippen molar-refractivity contribution in [1.29, 1.82) is 0 Å². The second kappa shape index (κ2) is 4.19. The maximum absolute atomic E-state index is 4.28. The Kier molecular flexibility index (Phi) is 2.73. The van der Waals surface area contributed by atoms with Crippen LogP contribution in [-0.4, -0.2) is 19.3 Å². The van der Waals surface area contributed by atoms with E-state index in [1.165, 1.54) is 11.5 Å². The zero-order valence-corrected chi connectivity index (χ0v) is 8.64. The number of rotatable bonds is 4. The molecule has 2 aromatic rings. The number of nitrogens with zero attached hydrogens (tertiary/aromatic N) is 3. The molecule has 0 bridgehead atoms. The van der Waals surface area contributed by atoms with Crippen molar-refractivity contribution in [2.24, 2.45) is 0 Å². The van der Waals surface area contributed by atoms with E-state index in [2.05, 4.69) is 24.6 Å². The molecular formula is C8H11N5S. The first-order valence-corrected chi connectivity index (χ1v) is 5.20. The molecule has 0 fully saturated rings. The zero-order valence-electron chi connectivity index (χ0n) is 7.82. The van der Waals surface area contributed by atoms with Crippen molar-refractivity contribution in [2.75, 3.05) is 5.32 Å². The minimum atomic E-state index is 0.658. The number of nitrogens with one attached hydrogen (secondary N) is 2. The van der Waals surface area contributed by atoms with Crippen LogP contribution in [0.25, 0.3) is 0 Å². The molecule has 2 heterocycles. The lowest BCUT2D eigenvalue weighted by molar-refractivity contribution is 0.970. The minimum Gasteiger partial charge on any atom is -0.353 e. The molecule has 5 nitrogen and oxygen atoms in total. The van der Waals surface area contributed by atoms with E-state index in [9.17, 15) is 0 Å². The third kappa shape index (κ3) is 2.08. The standard InChI is InChI=1S/C8H11N5S/c1-2-6-12-8(14-13-6)11-5-7-9-3-4-10-7/h3-4H,2,5H2,1H3,(H,9,10)(H,11,12,13). The van der Waals surface area contributed by atoms with Crippen molar-refractivity contribution in [3.63, 3.8) is 0 Å². The second-order valence-electron chi connectivity index (χ2n) is 2.76. The van der Waals surface area contributed by atoms with Crippen LogP contribution in [0, 0.1) is 0 Å². The highest BCUT2D eigenvalue weighted by molar-refractivity contribution is 7.09. The number of hydrogen-bond donors (Lipinski definition) is 2. The van der Waals surface area contributed by atoms with Gasteiger partial charge in [0.2, 0.25) is 5.13 Å². The molecule has 14 heavy (non-hydrogen) atoms. The van der Waals surface area contributed by atoms with Crippen LogP contribution in [0.15, 0.2) is 12.4 Å². The summed E-state index contributed by atoms with van der Waals surface area (Å²) in [6.07, 6.45) is 4.40. The SMILES string of the molecule is CCc1nsc(NCc2ncc[nH]2)n1. The van der Waals surface area contributed by atoms with Crippen LogP contribution in [-0.2, 0) is 13.0 Å². The molecular weight excluding hydrogens is 198 g/mol. The van der Waals surface area contributed by atoms with Crippen molar-refractivity contribution in [3.05, 3.63) is 24.0 Å². The van der Waals surface area contributed by atoms with E-state index < -0.39 is 0 Å². The molecule has 0 unspecified atom stereocenters. The molecule has 0 saturated heterocycles. The highest BCUT2D eigenvalue weighted by Gasteiger charge is 2.01. The Bertz CT molecular complexity index is 380. The molecule has 0 atom stereocenters. The lowest BCUT2D eigenvalue weighted by Gasteiger charge is -1.96. The summed E-state index contributed by atoms with van der Waals surface area (Å²) in [5.41, 5.74) is 0. The topological polar surface area (TPSA) is 66.5 Å². The first kappa shape index (κ1) is 9.14. The number of aryl methyl sites for hydroxylation is 1. The number of imidazole rings is 1. The monoisotopic (exact) mass is 209 g/mol. The van der Waals surface area contributed by atoms with E-state index in [4.69, 9.17) is 0 Å². The minimum absolute atomic E-state index is 0.658. The summed E-state index contributed by atoms with van der Waals surface area (Å²) in [7, 11) is 0. The quantitative estimate of drug-likeness (QED) is 0.799. The molecule has 2 N–H and O–H groups in total. The van der Waals surface area contributed by atoms with Crippen molar-refractivity contribution < 1.29 is 0 Å². The van der Waals surface area contributed by atoms with Crippen LogP contribution >= 0.6 is 11.5 Å². The average Bonchev–Trinajstić information content (AvgIpc) is 2.86. The Balaban J connectivity index is 1.92. The van der Waals surface area contributed by atoms with Crippen LogP contribution in [0.5, 0.6) is 0 Å². The van der Waals surface area contributed by atoms with Gasteiger partial charge in [0.25, 0.3) is 0 Å². The molecule has 0 saturated carbocycles. The Labute approximate surface area is 85.8 Å². The maximum Gasteiger partial charge on any atom is 0.202 e. The zero-order chi connectivity index (χ0) is 9.80. The van der Waals surface area contributed by atoms with E-state index in [-0.39, 0.29) is 0 Å². The largest absolute Gasteiger partial charge is 0.353 e. The Hall–Kier alpha value is -1.43. The summed E-state index contributed by atoms with van der Waals surface area (Å²) in [4.78, 5) is 11.4. The first-order chi connectivity index (χ1) is 6.88. The van der Waals surface area contributed by atoms with Gasteiger partial charge in [0.15, 0.2) is 0 Å². The summed E-state index contributed by atoms with van der Waals surface area (Å²) in [6.45, 7) is 2.70. The fourth-order valence-electron chi connectivity index (χ4n) is 1.02. The van der Waals surface area contributed by atoms with Crippen LogP contribution in [0.2, 0.25) is 0 Å². The molecule has 0 aliphatic carbocycles. The Morgan fingerprint density at radius 3 is 3.14 bits per heavy atom. The second-order valence-corrected chi connectivity index (χ2v) is 3.51. The predicted octanol–water partition coefficient (Wildman–Crippen LogP) is 1.44. The molecule has 0 radical (unpaired) electrons. The van der Waals surface area contributed by atoms with E-state index >= 15 is 0 Å². The summed E-state index contributed by atoms with van der Waals surface area (Å²) in [5, 5.41) is 4.00. The molecule has 0 aliphatic rings. The van der Waals surface area contributed by atoms with E-state index in [0.717, 1.165) is 23.2 Å². The molecule has 0 amide bonds. The molecule has 0 aromatic carbocycles. The van der Waals surface area contributed by atoms with Gasteiger partial charge in [-0.2, -0.15) is 4.37 Å². The van der Waals surface area contributed by atoms with Crippen LogP contribution in [0.1, 0.15) is 18.6 Å². The van der Waals surface area contributed by atoms with Gasteiger partial charge in [-0.1, -0.05) is 6.92 Å². The molecule has 2 aromatic heterocycles. The normalized spacial score (nSPS) is 10.4. The van der Waals surface area contributed by atoms with Gasteiger partial charge in [-0.05, 0) is 0 Å². The van der Waals surface area contributed by atoms with Crippen molar-refractivity contribution >= 4 is 16.7 Å². The van der Waals surface area contributed by atoms with Crippen LogP contribution in [0.3, 0.4) is 0 Å². The summed E-state index contributed by atoms with van der Waals surface area (Å²) >= 11 is 1.38. The highest BCUT2D eigenvalue weighted by atomic mass is 32.1. The van der Waals surface area contributed by atoms with Gasteiger partial charge in [-0.15, -0.1) is 0 Å². The lowest BCUT2D eigenvalue weighted by atomic mass is 10.5. The maximum atomic E-state index is 4.28. The number of hydrogen-bond acceptors (Lipinski definition) is 5. The summed E-state index contributed by atoms with van der Waals surface area (Å²) in [6, 6.07) is 0. The number of anilines is 1. The van der Waals surface area contributed by atoms with Crippen molar-refractivity contribution in [3.8, 4) is 0 Å². The predicted molar refractivity (Wildman–Crippen MR) is 55.2 cm³/mol. The van der Waals surface area contributed by atoms with Gasteiger partial charge >= 0.3 is 0 Å². The average molecular weight is 209 g/mol. The smallest absolute Gasteiger partial charge is 0.202 e. The summed E-state index contributed by atoms with van der Waals surface area (Å²) < 4.78 is 4.17. The third-order valence-corrected chi connectivity index (χ3v) is 2.46. The molecule has 6 heteroatoms. The van der Waals surface area contributed by atoms with Crippen LogP contribution in [0.4, 0.5) is 5.13 Å². The Morgan fingerprint density at radius 2 is 2.50 bits per heavy atom. The van der Waals surface area contributed by atoms with E-state index in [1.54, 1.807) is 12.4 Å². The molecule has 2 rings (SSSR count). The van der Waals surface area contributed by atoms with Gasteiger partial charge in [0.05, 0.1) is 6.54 Å². The van der Waals surface area contributed by atoms with Gasteiger partial charge in [-0.25, -0.2) is 9.97 Å². The van der Waals surface area contributed by atoms with Gasteiger partial charge in [0.1, 0.15) is 11.6 Å². The van der Waals surface area contributed by atoms with Crippen LogP contribution < -0.4 is 5.32 Å². The van der Waals surface area contributed by atoms with E-state index in [1.807, 2.05) is 6.92 Å². The summed E-state index contributed by atoms with van der Waals surface area (Å²) in [5.74, 6) is 1.79. The van der Waals surface area contributed by atoms with E-state index in [0.29, 0.717) is 6.54 Å². The number of H-pyrrole nitrogens is 1.